The summed E-state index contributed by atoms with van der Waals surface area (Å²) in [6, 6.07) is 6.56. The first-order valence-corrected chi connectivity index (χ1v) is 7.04. The van der Waals surface area contributed by atoms with E-state index in [1.54, 1.807) is 25.1 Å². The molecule has 7 nitrogen and oxygen atoms in total. The van der Waals surface area contributed by atoms with Crippen molar-refractivity contribution in [2.45, 2.75) is 6.92 Å². The lowest BCUT2D eigenvalue weighted by Crippen LogP contribution is -2.21. The molecule has 0 unspecified atom stereocenters. The average molecular weight is 317 g/mol. The van der Waals surface area contributed by atoms with Gasteiger partial charge in [0.1, 0.15) is 24.5 Å². The van der Waals surface area contributed by atoms with Crippen molar-refractivity contribution < 1.29 is 28.2 Å². The third-order valence-corrected chi connectivity index (χ3v) is 3.24. The van der Waals surface area contributed by atoms with Gasteiger partial charge in [-0.15, -0.1) is 0 Å². The lowest BCUT2D eigenvalue weighted by Gasteiger charge is -2.19. The van der Waals surface area contributed by atoms with Crippen LogP contribution in [0.15, 0.2) is 34.9 Å². The minimum absolute atomic E-state index is 0.303. The molecule has 0 aliphatic carbocycles. The first-order valence-electron chi connectivity index (χ1n) is 7.04. The zero-order valence-electron chi connectivity index (χ0n) is 12.5. The quantitative estimate of drug-likeness (QED) is 0.870. The zero-order valence-corrected chi connectivity index (χ0v) is 12.5. The predicted octanol–water partition coefficient (Wildman–Crippen LogP) is 2.15. The van der Waals surface area contributed by atoms with Gasteiger partial charge in [0.25, 0.3) is 5.91 Å². The topological polar surface area (TPSA) is 87.0 Å². The van der Waals surface area contributed by atoms with Crippen LogP contribution in [0, 0.1) is 6.92 Å². The highest BCUT2D eigenvalue weighted by molar-refractivity contribution is 5.96. The molecule has 0 atom stereocenters. The molecule has 1 aliphatic rings. The largest absolute Gasteiger partial charge is 0.486 e. The Balaban J connectivity index is 1.55. The number of hydrogen-bond acceptors (Lipinski definition) is 6. The van der Waals surface area contributed by atoms with Crippen LogP contribution >= 0.6 is 0 Å². The molecule has 3 rings (SSSR count). The molecule has 1 aliphatic heterocycles. The van der Waals surface area contributed by atoms with E-state index in [0.29, 0.717) is 41.7 Å². The second-order valence-electron chi connectivity index (χ2n) is 4.87. The van der Waals surface area contributed by atoms with Gasteiger partial charge in [-0.25, -0.2) is 4.79 Å². The third kappa shape index (κ3) is 3.45. The fraction of sp³-hybridized carbons (Fsp3) is 0.250. The van der Waals surface area contributed by atoms with E-state index in [9.17, 15) is 9.59 Å². The maximum atomic E-state index is 11.9. The first-order chi connectivity index (χ1) is 11.1. The van der Waals surface area contributed by atoms with Crippen molar-refractivity contribution in [2.75, 3.05) is 25.1 Å². The Morgan fingerprint density at radius 2 is 1.96 bits per heavy atom. The normalized spacial score (nSPS) is 12.6. The van der Waals surface area contributed by atoms with Crippen LogP contribution in [0.1, 0.15) is 16.1 Å². The molecule has 1 N–H and O–H groups in total. The molecule has 0 bridgehead atoms. The Bertz CT molecular complexity index is 736. The van der Waals surface area contributed by atoms with E-state index in [0.717, 1.165) is 0 Å². The van der Waals surface area contributed by atoms with Gasteiger partial charge in [0.15, 0.2) is 18.1 Å². The van der Waals surface area contributed by atoms with Crippen LogP contribution in [0.2, 0.25) is 0 Å². The molecule has 0 radical (unpaired) electrons. The summed E-state index contributed by atoms with van der Waals surface area (Å²) >= 11 is 0. The number of esters is 1. The molecule has 7 heteroatoms. The molecule has 120 valence electrons. The van der Waals surface area contributed by atoms with Gasteiger partial charge in [-0.05, 0) is 25.1 Å². The van der Waals surface area contributed by atoms with E-state index < -0.39 is 18.5 Å². The van der Waals surface area contributed by atoms with Gasteiger partial charge in [0.05, 0.1) is 6.26 Å². The Kier molecular flexibility index (Phi) is 4.18. The summed E-state index contributed by atoms with van der Waals surface area (Å²) in [4.78, 5) is 23.6. The van der Waals surface area contributed by atoms with Crippen molar-refractivity contribution in [3.05, 3.63) is 41.9 Å². The monoisotopic (exact) mass is 317 g/mol. The molecular formula is C16H15NO6. The Hall–Kier alpha value is -2.96. The number of ether oxygens (including phenoxy) is 3. The SMILES string of the molecule is Cc1occc1C(=O)OCC(=O)Nc1ccc2c(c1)OCCO2. The first kappa shape index (κ1) is 15.0. The lowest BCUT2D eigenvalue weighted by atomic mass is 10.2. The number of hydrogen-bond donors (Lipinski definition) is 1. The van der Waals surface area contributed by atoms with Crippen LogP contribution in [0.4, 0.5) is 5.69 Å². The molecule has 1 aromatic heterocycles. The number of benzene rings is 1. The van der Waals surface area contributed by atoms with Crippen LogP contribution in [-0.2, 0) is 9.53 Å². The Morgan fingerprint density at radius 3 is 2.70 bits per heavy atom. The van der Waals surface area contributed by atoms with Crippen LogP contribution < -0.4 is 14.8 Å². The van der Waals surface area contributed by atoms with Gasteiger partial charge in [-0.1, -0.05) is 0 Å². The molecule has 0 saturated carbocycles. The van der Waals surface area contributed by atoms with E-state index >= 15 is 0 Å². The maximum absolute atomic E-state index is 11.9. The summed E-state index contributed by atoms with van der Waals surface area (Å²) in [6.45, 7) is 2.22. The zero-order chi connectivity index (χ0) is 16.2. The standard InChI is InChI=1S/C16H15NO6/c1-10-12(4-5-20-10)16(19)23-9-15(18)17-11-2-3-13-14(8-11)22-7-6-21-13/h2-5,8H,6-7,9H2,1H3,(H,17,18). The summed E-state index contributed by atoms with van der Waals surface area (Å²) in [5.74, 6) is 0.600. The average Bonchev–Trinajstić information content (AvgIpc) is 2.98. The minimum Gasteiger partial charge on any atom is -0.486 e. The highest BCUT2D eigenvalue weighted by Crippen LogP contribution is 2.32. The second kappa shape index (κ2) is 6.43. The molecule has 1 amide bonds. The number of anilines is 1. The van der Waals surface area contributed by atoms with E-state index in [1.807, 2.05) is 0 Å². The molecule has 0 saturated heterocycles. The van der Waals surface area contributed by atoms with Crippen LogP contribution in [0.25, 0.3) is 0 Å². The fourth-order valence-electron chi connectivity index (χ4n) is 2.12. The highest BCUT2D eigenvalue weighted by atomic mass is 16.6. The third-order valence-electron chi connectivity index (χ3n) is 3.24. The van der Waals surface area contributed by atoms with Crippen molar-refractivity contribution in [1.29, 1.82) is 0 Å². The van der Waals surface area contributed by atoms with Crippen LogP contribution in [-0.4, -0.2) is 31.7 Å². The molecule has 0 spiro atoms. The van der Waals surface area contributed by atoms with Crippen molar-refractivity contribution >= 4 is 17.6 Å². The summed E-state index contributed by atoms with van der Waals surface area (Å²) in [6.07, 6.45) is 1.39. The number of aryl methyl sites for hydroxylation is 1. The number of carbonyl (C=O) groups excluding carboxylic acids is 2. The molecular weight excluding hydrogens is 302 g/mol. The lowest BCUT2D eigenvalue weighted by molar-refractivity contribution is -0.119. The fourth-order valence-corrected chi connectivity index (χ4v) is 2.12. The predicted molar refractivity (Wildman–Crippen MR) is 79.8 cm³/mol. The maximum Gasteiger partial charge on any atom is 0.342 e. The van der Waals surface area contributed by atoms with E-state index in [-0.39, 0.29) is 0 Å². The number of nitrogens with one attached hydrogen (secondary N) is 1. The number of amides is 1. The Labute approximate surface area is 132 Å². The number of furan rings is 1. The number of carbonyl (C=O) groups is 2. The van der Waals surface area contributed by atoms with Crippen LogP contribution in [0.3, 0.4) is 0 Å². The van der Waals surface area contributed by atoms with Gasteiger partial charge < -0.3 is 23.9 Å². The van der Waals surface area contributed by atoms with Gasteiger partial charge in [0, 0.05) is 11.8 Å². The van der Waals surface area contributed by atoms with E-state index in [4.69, 9.17) is 18.6 Å². The summed E-state index contributed by atoms with van der Waals surface area (Å²) < 4.78 is 20.8. The summed E-state index contributed by atoms with van der Waals surface area (Å²) in [5.41, 5.74) is 0.840. The molecule has 2 heterocycles. The summed E-state index contributed by atoms with van der Waals surface area (Å²) in [7, 11) is 0. The smallest absolute Gasteiger partial charge is 0.342 e. The highest BCUT2D eigenvalue weighted by Gasteiger charge is 2.16. The van der Waals surface area contributed by atoms with Crippen molar-refractivity contribution in [2.24, 2.45) is 0 Å². The van der Waals surface area contributed by atoms with Gasteiger partial charge in [-0.2, -0.15) is 0 Å². The van der Waals surface area contributed by atoms with Gasteiger partial charge in [-0.3, -0.25) is 4.79 Å². The van der Waals surface area contributed by atoms with Crippen molar-refractivity contribution in [1.82, 2.24) is 0 Å². The number of rotatable bonds is 4. The van der Waals surface area contributed by atoms with Gasteiger partial charge >= 0.3 is 5.97 Å². The molecule has 2 aromatic rings. The summed E-state index contributed by atoms with van der Waals surface area (Å²) in [5, 5.41) is 2.63. The minimum atomic E-state index is -0.603. The second-order valence-corrected chi connectivity index (χ2v) is 4.87. The molecule has 1 aromatic carbocycles. The van der Waals surface area contributed by atoms with E-state index in [2.05, 4.69) is 5.32 Å². The number of fused-ring (bicyclic) bond motifs is 1. The van der Waals surface area contributed by atoms with E-state index in [1.165, 1.54) is 12.3 Å². The molecule has 0 fully saturated rings. The Morgan fingerprint density at radius 1 is 1.17 bits per heavy atom. The van der Waals surface area contributed by atoms with Crippen LogP contribution in [0.5, 0.6) is 11.5 Å². The van der Waals surface area contributed by atoms with Crippen molar-refractivity contribution in [3.63, 3.8) is 0 Å². The van der Waals surface area contributed by atoms with Crippen molar-refractivity contribution in [3.8, 4) is 11.5 Å². The molecule has 23 heavy (non-hydrogen) atoms. The van der Waals surface area contributed by atoms with Gasteiger partial charge in [0.2, 0.25) is 0 Å².